The lowest BCUT2D eigenvalue weighted by atomic mass is 10.2. The molecule has 0 spiro atoms. The standard InChI is InChI=1S/C16H19P.C2H4/c1-11-5-7-13(3)15(9-11)17-16-10-12(2)6-8-14(16)4;1-2/h5-10,17H,1-4H3;1-2H2. The quantitative estimate of drug-likeness (QED) is 0.562. The van der Waals surface area contributed by atoms with Gasteiger partial charge in [0.15, 0.2) is 0 Å². The minimum Gasteiger partial charge on any atom is -0.106 e. The Kier molecular flexibility index (Phi) is 5.99. The van der Waals surface area contributed by atoms with Gasteiger partial charge >= 0.3 is 0 Å². The van der Waals surface area contributed by atoms with Crippen molar-refractivity contribution in [2.75, 3.05) is 0 Å². The summed E-state index contributed by atoms with van der Waals surface area (Å²) in [4.78, 5) is 0. The topological polar surface area (TPSA) is 0 Å². The van der Waals surface area contributed by atoms with Crippen molar-refractivity contribution >= 4 is 19.2 Å². The third kappa shape index (κ3) is 4.33. The SMILES string of the molecule is C=C.Cc1ccc(C)c(Pc2cc(C)ccc2C)c1. The van der Waals surface area contributed by atoms with Crippen LogP contribution in [0.25, 0.3) is 0 Å². The van der Waals surface area contributed by atoms with E-state index >= 15 is 0 Å². The van der Waals surface area contributed by atoms with Crippen LogP contribution >= 0.6 is 8.58 Å². The highest BCUT2D eigenvalue weighted by molar-refractivity contribution is 7.55. The molecule has 0 radical (unpaired) electrons. The van der Waals surface area contributed by atoms with Crippen LogP contribution in [0, 0.1) is 27.7 Å². The molecule has 0 aromatic heterocycles. The molecule has 2 rings (SSSR count). The molecule has 2 aromatic rings. The predicted molar refractivity (Wildman–Crippen MR) is 90.7 cm³/mol. The molecule has 1 heteroatoms. The van der Waals surface area contributed by atoms with Gasteiger partial charge in [-0.3, -0.25) is 0 Å². The summed E-state index contributed by atoms with van der Waals surface area (Å²) in [7, 11) is 0.767. The third-order valence-electron chi connectivity index (χ3n) is 3.06. The number of hydrogen-bond acceptors (Lipinski definition) is 0. The average Bonchev–Trinajstić information content (AvgIpc) is 2.40. The van der Waals surface area contributed by atoms with E-state index in [0.717, 1.165) is 8.58 Å². The summed E-state index contributed by atoms with van der Waals surface area (Å²) >= 11 is 0. The van der Waals surface area contributed by atoms with Crippen molar-refractivity contribution in [3.05, 3.63) is 71.8 Å². The van der Waals surface area contributed by atoms with Crippen LogP contribution in [-0.4, -0.2) is 0 Å². The van der Waals surface area contributed by atoms with Gasteiger partial charge in [-0.1, -0.05) is 56.1 Å². The van der Waals surface area contributed by atoms with Gasteiger partial charge in [0.25, 0.3) is 0 Å². The monoisotopic (exact) mass is 270 g/mol. The maximum atomic E-state index is 3.00. The fourth-order valence-electron chi connectivity index (χ4n) is 1.89. The lowest BCUT2D eigenvalue weighted by Gasteiger charge is -2.10. The first-order valence-electron chi connectivity index (χ1n) is 6.48. The van der Waals surface area contributed by atoms with E-state index in [9.17, 15) is 0 Å². The summed E-state index contributed by atoms with van der Waals surface area (Å²) in [5.74, 6) is 0. The van der Waals surface area contributed by atoms with E-state index in [1.165, 1.54) is 32.9 Å². The van der Waals surface area contributed by atoms with Crippen LogP contribution in [0.1, 0.15) is 22.3 Å². The van der Waals surface area contributed by atoms with Crippen molar-refractivity contribution < 1.29 is 0 Å². The van der Waals surface area contributed by atoms with Gasteiger partial charge in [-0.25, -0.2) is 0 Å². The Morgan fingerprint density at radius 2 is 1.05 bits per heavy atom. The number of rotatable bonds is 2. The van der Waals surface area contributed by atoms with Crippen LogP contribution in [-0.2, 0) is 0 Å². The molecule has 0 nitrogen and oxygen atoms in total. The van der Waals surface area contributed by atoms with Crippen LogP contribution in [0.4, 0.5) is 0 Å². The Labute approximate surface area is 119 Å². The fraction of sp³-hybridized carbons (Fsp3) is 0.222. The fourth-order valence-corrected chi connectivity index (χ4v) is 3.34. The molecule has 0 unspecified atom stereocenters. The Morgan fingerprint density at radius 3 is 1.42 bits per heavy atom. The highest BCUT2D eigenvalue weighted by atomic mass is 31.1. The second-order valence-corrected chi connectivity index (χ2v) is 6.09. The summed E-state index contributed by atoms with van der Waals surface area (Å²) in [6.07, 6.45) is 0. The van der Waals surface area contributed by atoms with Crippen LogP contribution in [0.3, 0.4) is 0 Å². The first-order valence-corrected chi connectivity index (χ1v) is 7.48. The average molecular weight is 270 g/mol. The molecule has 0 amide bonds. The number of hydrogen-bond donors (Lipinski definition) is 0. The molecule has 19 heavy (non-hydrogen) atoms. The smallest absolute Gasteiger partial charge is 0.0194 e. The van der Waals surface area contributed by atoms with Gasteiger partial charge in [0, 0.05) is 0 Å². The van der Waals surface area contributed by atoms with E-state index in [1.54, 1.807) is 0 Å². The van der Waals surface area contributed by atoms with Crippen LogP contribution in [0.15, 0.2) is 49.6 Å². The summed E-state index contributed by atoms with van der Waals surface area (Å²) in [5, 5.41) is 2.94. The first kappa shape index (κ1) is 15.7. The zero-order chi connectivity index (χ0) is 14.4. The molecular weight excluding hydrogens is 247 g/mol. The van der Waals surface area contributed by atoms with Crippen molar-refractivity contribution in [3.63, 3.8) is 0 Å². The molecule has 0 bridgehead atoms. The van der Waals surface area contributed by atoms with Gasteiger partial charge in [0.05, 0.1) is 0 Å². The second kappa shape index (κ2) is 7.26. The van der Waals surface area contributed by atoms with E-state index in [-0.39, 0.29) is 0 Å². The number of aryl methyl sites for hydroxylation is 4. The van der Waals surface area contributed by atoms with Crippen LogP contribution in [0.2, 0.25) is 0 Å². The van der Waals surface area contributed by atoms with Gasteiger partial charge in [-0.05, 0) is 49.4 Å². The van der Waals surface area contributed by atoms with E-state index in [2.05, 4.69) is 77.3 Å². The maximum absolute atomic E-state index is 3.00. The number of benzene rings is 2. The Hall–Kier alpha value is -1.39. The molecule has 0 heterocycles. The van der Waals surface area contributed by atoms with Crippen molar-refractivity contribution in [1.29, 1.82) is 0 Å². The molecule has 100 valence electrons. The zero-order valence-electron chi connectivity index (χ0n) is 12.4. The summed E-state index contributed by atoms with van der Waals surface area (Å²) in [6, 6.07) is 13.5. The molecule has 0 atom stereocenters. The van der Waals surface area contributed by atoms with E-state index < -0.39 is 0 Å². The highest BCUT2D eigenvalue weighted by Crippen LogP contribution is 2.17. The summed E-state index contributed by atoms with van der Waals surface area (Å²) in [5.41, 5.74) is 5.50. The minimum atomic E-state index is 0.767. The first-order chi connectivity index (χ1) is 9.06. The molecule has 0 N–H and O–H groups in total. The van der Waals surface area contributed by atoms with E-state index in [0.29, 0.717) is 0 Å². The van der Waals surface area contributed by atoms with Gasteiger partial charge in [0.1, 0.15) is 0 Å². The molecule has 0 saturated heterocycles. The zero-order valence-corrected chi connectivity index (χ0v) is 13.4. The molecule has 0 aliphatic rings. The Balaban J connectivity index is 0.000000861. The van der Waals surface area contributed by atoms with Crippen molar-refractivity contribution in [2.24, 2.45) is 0 Å². The normalized spacial score (nSPS) is 9.68. The van der Waals surface area contributed by atoms with Crippen molar-refractivity contribution in [1.82, 2.24) is 0 Å². The van der Waals surface area contributed by atoms with Crippen molar-refractivity contribution in [3.8, 4) is 0 Å². The lowest BCUT2D eigenvalue weighted by Crippen LogP contribution is -2.10. The summed E-state index contributed by atoms with van der Waals surface area (Å²) in [6.45, 7) is 14.7. The highest BCUT2D eigenvalue weighted by Gasteiger charge is 2.03. The van der Waals surface area contributed by atoms with Gasteiger partial charge < -0.3 is 0 Å². The lowest BCUT2D eigenvalue weighted by molar-refractivity contribution is 1.42. The predicted octanol–water partition coefficient (Wildman–Crippen LogP) is 4.35. The van der Waals surface area contributed by atoms with Gasteiger partial charge in [0.2, 0.25) is 0 Å². The summed E-state index contributed by atoms with van der Waals surface area (Å²) < 4.78 is 0. The van der Waals surface area contributed by atoms with Crippen LogP contribution in [0.5, 0.6) is 0 Å². The molecule has 0 aliphatic carbocycles. The van der Waals surface area contributed by atoms with Gasteiger partial charge in [-0.15, -0.1) is 13.2 Å². The molecule has 0 saturated carbocycles. The molecule has 0 fully saturated rings. The largest absolute Gasteiger partial charge is 0.106 e. The minimum absolute atomic E-state index is 0.767. The van der Waals surface area contributed by atoms with Gasteiger partial charge in [-0.2, -0.15) is 0 Å². The van der Waals surface area contributed by atoms with Crippen LogP contribution < -0.4 is 10.6 Å². The van der Waals surface area contributed by atoms with Crippen molar-refractivity contribution in [2.45, 2.75) is 27.7 Å². The van der Waals surface area contributed by atoms with E-state index in [1.807, 2.05) is 0 Å². The van der Waals surface area contributed by atoms with E-state index in [4.69, 9.17) is 0 Å². The molecular formula is C18H23P. The Morgan fingerprint density at radius 1 is 0.684 bits per heavy atom. The third-order valence-corrected chi connectivity index (χ3v) is 4.67. The molecule has 0 aliphatic heterocycles. The maximum Gasteiger partial charge on any atom is -0.0194 e. The Bertz CT molecular complexity index is 506. The molecule has 2 aromatic carbocycles. The second-order valence-electron chi connectivity index (χ2n) is 4.76.